The van der Waals surface area contributed by atoms with Gasteiger partial charge in [0.1, 0.15) is 0 Å². The van der Waals surface area contributed by atoms with Crippen LogP contribution in [0.5, 0.6) is 0 Å². The molecule has 0 aliphatic heterocycles. The molecular weight excluding hydrogens is 274 g/mol. The summed E-state index contributed by atoms with van der Waals surface area (Å²) in [4.78, 5) is 23.3. The summed E-state index contributed by atoms with van der Waals surface area (Å²) in [5.74, 6) is -0.279. The van der Waals surface area contributed by atoms with Crippen LogP contribution < -0.4 is 5.32 Å². The predicted molar refractivity (Wildman–Crippen MR) is 80.4 cm³/mol. The Bertz CT molecular complexity index is 663. The fourth-order valence-electron chi connectivity index (χ4n) is 1.89. The van der Waals surface area contributed by atoms with E-state index in [1.165, 1.54) is 6.92 Å². The second-order valence-corrected chi connectivity index (χ2v) is 4.90. The Morgan fingerprint density at radius 3 is 2.30 bits per heavy atom. The maximum Gasteiger partial charge on any atom is 0.221 e. The SMILES string of the molecule is CC(=O)Nc1ccc(C(=O)c2cccc(C)c2Cl)cc1. The molecule has 0 saturated heterocycles. The predicted octanol–water partition coefficient (Wildman–Crippen LogP) is 3.84. The van der Waals surface area contributed by atoms with Crippen LogP contribution in [-0.2, 0) is 4.79 Å². The van der Waals surface area contributed by atoms with E-state index >= 15 is 0 Å². The van der Waals surface area contributed by atoms with Crippen molar-refractivity contribution in [2.24, 2.45) is 0 Å². The Kier molecular flexibility index (Phi) is 4.20. The molecule has 2 rings (SSSR count). The Labute approximate surface area is 122 Å². The minimum atomic E-state index is -0.147. The molecule has 1 amide bonds. The van der Waals surface area contributed by atoms with Gasteiger partial charge in [-0.15, -0.1) is 0 Å². The molecule has 0 radical (unpaired) electrons. The van der Waals surface area contributed by atoms with Gasteiger partial charge in [-0.3, -0.25) is 9.59 Å². The van der Waals surface area contributed by atoms with Crippen molar-refractivity contribution in [3.8, 4) is 0 Å². The van der Waals surface area contributed by atoms with Crippen LogP contribution in [0.1, 0.15) is 28.4 Å². The summed E-state index contributed by atoms with van der Waals surface area (Å²) >= 11 is 6.16. The van der Waals surface area contributed by atoms with E-state index in [-0.39, 0.29) is 11.7 Å². The number of benzene rings is 2. The first-order chi connectivity index (χ1) is 9.49. The zero-order valence-corrected chi connectivity index (χ0v) is 12.0. The third-order valence-electron chi connectivity index (χ3n) is 2.90. The first-order valence-electron chi connectivity index (χ1n) is 6.16. The van der Waals surface area contributed by atoms with E-state index in [2.05, 4.69) is 5.32 Å². The largest absolute Gasteiger partial charge is 0.326 e. The van der Waals surface area contributed by atoms with Crippen molar-refractivity contribution in [3.05, 3.63) is 64.2 Å². The molecule has 0 atom stereocenters. The summed E-state index contributed by atoms with van der Waals surface area (Å²) in [5, 5.41) is 3.13. The normalized spacial score (nSPS) is 10.2. The zero-order chi connectivity index (χ0) is 14.7. The third-order valence-corrected chi connectivity index (χ3v) is 3.41. The van der Waals surface area contributed by atoms with Gasteiger partial charge in [0.15, 0.2) is 5.78 Å². The summed E-state index contributed by atoms with van der Waals surface area (Å²) in [6, 6.07) is 12.1. The van der Waals surface area contributed by atoms with Crippen molar-refractivity contribution in [1.82, 2.24) is 0 Å². The van der Waals surface area contributed by atoms with Crippen LogP contribution in [0.4, 0.5) is 5.69 Å². The Balaban J connectivity index is 2.29. The van der Waals surface area contributed by atoms with Gasteiger partial charge in [0.25, 0.3) is 0 Å². The Morgan fingerprint density at radius 1 is 1.05 bits per heavy atom. The van der Waals surface area contributed by atoms with Gasteiger partial charge in [-0.2, -0.15) is 0 Å². The standard InChI is InChI=1S/C16H14ClNO2/c1-10-4-3-5-14(15(10)17)16(20)12-6-8-13(9-7-12)18-11(2)19/h3-9H,1-2H3,(H,18,19). The van der Waals surface area contributed by atoms with E-state index in [0.717, 1.165) is 5.56 Å². The summed E-state index contributed by atoms with van der Waals surface area (Å²) in [7, 11) is 0. The molecule has 2 aromatic carbocycles. The maximum absolute atomic E-state index is 12.4. The molecule has 0 saturated carbocycles. The van der Waals surface area contributed by atoms with Gasteiger partial charge in [-0.1, -0.05) is 23.7 Å². The number of halogens is 1. The Hall–Kier alpha value is -2.13. The van der Waals surface area contributed by atoms with Crippen molar-refractivity contribution in [3.63, 3.8) is 0 Å². The van der Waals surface area contributed by atoms with Crippen molar-refractivity contribution in [2.75, 3.05) is 5.32 Å². The van der Waals surface area contributed by atoms with E-state index < -0.39 is 0 Å². The van der Waals surface area contributed by atoms with Gasteiger partial charge in [0.2, 0.25) is 5.91 Å². The molecule has 3 nitrogen and oxygen atoms in total. The van der Waals surface area contributed by atoms with Gasteiger partial charge < -0.3 is 5.32 Å². The molecule has 2 aromatic rings. The molecule has 0 unspecified atom stereocenters. The number of hydrogen-bond acceptors (Lipinski definition) is 2. The topological polar surface area (TPSA) is 46.2 Å². The van der Waals surface area contributed by atoms with Crippen LogP contribution in [0.3, 0.4) is 0 Å². The van der Waals surface area contributed by atoms with E-state index in [0.29, 0.717) is 21.8 Å². The van der Waals surface area contributed by atoms with E-state index in [9.17, 15) is 9.59 Å². The van der Waals surface area contributed by atoms with Crippen LogP contribution in [0.2, 0.25) is 5.02 Å². The molecule has 0 aliphatic carbocycles. The highest BCUT2D eigenvalue weighted by Crippen LogP contribution is 2.23. The number of ketones is 1. The smallest absolute Gasteiger partial charge is 0.221 e. The minimum Gasteiger partial charge on any atom is -0.326 e. The van der Waals surface area contributed by atoms with Gasteiger partial charge in [0, 0.05) is 23.7 Å². The minimum absolute atomic E-state index is 0.131. The molecule has 0 spiro atoms. The number of carbonyl (C=O) groups is 2. The highest BCUT2D eigenvalue weighted by Gasteiger charge is 2.13. The highest BCUT2D eigenvalue weighted by atomic mass is 35.5. The molecule has 0 aromatic heterocycles. The molecular formula is C16H14ClNO2. The first-order valence-corrected chi connectivity index (χ1v) is 6.54. The van der Waals surface area contributed by atoms with Gasteiger partial charge >= 0.3 is 0 Å². The number of aryl methyl sites for hydroxylation is 1. The van der Waals surface area contributed by atoms with Crippen LogP contribution in [-0.4, -0.2) is 11.7 Å². The lowest BCUT2D eigenvalue weighted by atomic mass is 10.0. The summed E-state index contributed by atoms with van der Waals surface area (Å²) in [6.45, 7) is 3.30. The van der Waals surface area contributed by atoms with Gasteiger partial charge in [-0.05, 0) is 42.8 Å². The van der Waals surface area contributed by atoms with Crippen LogP contribution in [0, 0.1) is 6.92 Å². The molecule has 102 valence electrons. The van der Waals surface area contributed by atoms with E-state index in [1.807, 2.05) is 13.0 Å². The average Bonchev–Trinajstić information content (AvgIpc) is 2.41. The summed E-state index contributed by atoms with van der Waals surface area (Å²) in [6.07, 6.45) is 0. The number of anilines is 1. The van der Waals surface area contributed by atoms with Crippen LogP contribution >= 0.6 is 11.6 Å². The molecule has 4 heteroatoms. The first kappa shape index (κ1) is 14.3. The van der Waals surface area contributed by atoms with Crippen LogP contribution in [0.25, 0.3) is 0 Å². The monoisotopic (exact) mass is 287 g/mol. The zero-order valence-electron chi connectivity index (χ0n) is 11.2. The van der Waals surface area contributed by atoms with Crippen molar-refractivity contribution in [1.29, 1.82) is 0 Å². The molecule has 1 N–H and O–H groups in total. The lowest BCUT2D eigenvalue weighted by Crippen LogP contribution is -2.07. The van der Waals surface area contributed by atoms with Gasteiger partial charge in [0.05, 0.1) is 5.02 Å². The molecule has 0 fully saturated rings. The van der Waals surface area contributed by atoms with E-state index in [1.54, 1.807) is 36.4 Å². The summed E-state index contributed by atoms with van der Waals surface area (Å²) < 4.78 is 0. The second-order valence-electron chi connectivity index (χ2n) is 4.52. The number of hydrogen-bond donors (Lipinski definition) is 1. The number of rotatable bonds is 3. The average molecular weight is 288 g/mol. The molecule has 0 aliphatic rings. The fraction of sp³-hybridized carbons (Fsp3) is 0.125. The highest BCUT2D eigenvalue weighted by molar-refractivity contribution is 6.35. The van der Waals surface area contributed by atoms with Crippen molar-refractivity contribution in [2.45, 2.75) is 13.8 Å². The maximum atomic E-state index is 12.4. The third kappa shape index (κ3) is 3.06. The van der Waals surface area contributed by atoms with Crippen LogP contribution in [0.15, 0.2) is 42.5 Å². The van der Waals surface area contributed by atoms with E-state index in [4.69, 9.17) is 11.6 Å². The number of nitrogens with one attached hydrogen (secondary N) is 1. The fourth-order valence-corrected chi connectivity index (χ4v) is 2.10. The lowest BCUT2D eigenvalue weighted by Gasteiger charge is -2.07. The molecule has 0 bridgehead atoms. The molecule has 0 heterocycles. The quantitative estimate of drug-likeness (QED) is 0.872. The van der Waals surface area contributed by atoms with Crippen molar-refractivity contribution >= 4 is 29.0 Å². The second kappa shape index (κ2) is 5.88. The molecule has 20 heavy (non-hydrogen) atoms. The number of amides is 1. The summed E-state index contributed by atoms with van der Waals surface area (Å²) in [5.41, 5.74) is 2.54. The number of carbonyl (C=O) groups excluding carboxylic acids is 2. The lowest BCUT2D eigenvalue weighted by molar-refractivity contribution is -0.114. The van der Waals surface area contributed by atoms with Gasteiger partial charge in [-0.25, -0.2) is 0 Å². The van der Waals surface area contributed by atoms with Crippen molar-refractivity contribution < 1.29 is 9.59 Å². The Morgan fingerprint density at radius 2 is 1.70 bits per heavy atom.